The van der Waals surface area contributed by atoms with Gasteiger partial charge in [-0.05, 0) is 38.8 Å². The van der Waals surface area contributed by atoms with Crippen LogP contribution in [-0.4, -0.2) is 47.9 Å². The minimum absolute atomic E-state index is 0.0739. The number of nitrogens with one attached hydrogen (secondary N) is 1. The van der Waals surface area contributed by atoms with Crippen LogP contribution in [0.2, 0.25) is 0 Å². The quantitative estimate of drug-likeness (QED) is 0.930. The highest BCUT2D eigenvalue weighted by atomic mass is 16.2. The smallest absolute Gasteiger partial charge is 0.321 e. The first-order valence-electron chi connectivity index (χ1n) is 8.05. The zero-order valence-electron chi connectivity index (χ0n) is 13.4. The topological polar surface area (TPSA) is 52.7 Å². The maximum atomic E-state index is 12.5. The molecular weight excluding hydrogens is 278 g/mol. The summed E-state index contributed by atoms with van der Waals surface area (Å²) in [4.78, 5) is 28.4. The predicted octanol–water partition coefficient (Wildman–Crippen LogP) is 2.80. The van der Waals surface area contributed by atoms with Gasteiger partial charge in [0.2, 0.25) is 5.91 Å². The van der Waals surface area contributed by atoms with E-state index in [-0.39, 0.29) is 17.9 Å². The Balaban J connectivity index is 1.95. The average Bonchev–Trinajstić information content (AvgIpc) is 2.57. The number of carbonyl (C=O) groups excluding carboxylic acids is 2. The second-order valence-corrected chi connectivity index (χ2v) is 5.59. The molecule has 1 saturated heterocycles. The summed E-state index contributed by atoms with van der Waals surface area (Å²) in [5.41, 5.74) is 0.782. The van der Waals surface area contributed by atoms with E-state index in [1.807, 2.05) is 49.1 Å². The first-order chi connectivity index (χ1) is 10.7. The number of urea groups is 1. The van der Waals surface area contributed by atoms with Gasteiger partial charge < -0.3 is 15.1 Å². The van der Waals surface area contributed by atoms with Crippen molar-refractivity contribution < 1.29 is 9.59 Å². The van der Waals surface area contributed by atoms with E-state index >= 15 is 0 Å². The lowest BCUT2D eigenvalue weighted by Gasteiger charge is -2.34. The average molecular weight is 303 g/mol. The third-order valence-electron chi connectivity index (χ3n) is 4.16. The fraction of sp³-hybridized carbons (Fsp3) is 0.529. The molecule has 1 aliphatic heterocycles. The molecular formula is C17H25N3O2. The molecule has 1 N–H and O–H groups in total. The van der Waals surface area contributed by atoms with Crippen LogP contribution >= 0.6 is 0 Å². The molecule has 5 heteroatoms. The molecule has 1 fully saturated rings. The number of likely N-dealkylation sites (tertiary alicyclic amines) is 1. The maximum absolute atomic E-state index is 12.5. The predicted molar refractivity (Wildman–Crippen MR) is 87.7 cm³/mol. The SMILES string of the molecule is CCN(CC)C(=O)[C@H]1CCCN(C(=O)Nc2ccccc2)C1. The van der Waals surface area contributed by atoms with Crippen LogP contribution in [0, 0.1) is 5.92 Å². The van der Waals surface area contributed by atoms with Crippen molar-refractivity contribution >= 4 is 17.6 Å². The van der Waals surface area contributed by atoms with Gasteiger partial charge in [-0.3, -0.25) is 4.79 Å². The largest absolute Gasteiger partial charge is 0.343 e. The standard InChI is InChI=1S/C17H25N3O2/c1-3-19(4-2)16(21)14-9-8-12-20(13-14)17(22)18-15-10-6-5-7-11-15/h5-7,10-11,14H,3-4,8-9,12-13H2,1-2H3,(H,18,22)/t14-/m0/s1. The van der Waals surface area contributed by atoms with Crippen molar-refractivity contribution in [2.75, 3.05) is 31.5 Å². The summed E-state index contributed by atoms with van der Waals surface area (Å²) in [7, 11) is 0. The molecule has 0 aliphatic carbocycles. The molecule has 3 amide bonds. The van der Waals surface area contributed by atoms with Gasteiger partial charge in [-0.25, -0.2) is 4.79 Å². The maximum Gasteiger partial charge on any atom is 0.321 e. The molecule has 0 spiro atoms. The Morgan fingerprint density at radius 1 is 1.23 bits per heavy atom. The number of nitrogens with zero attached hydrogens (tertiary/aromatic N) is 2. The highest BCUT2D eigenvalue weighted by Crippen LogP contribution is 2.20. The Kier molecular flexibility index (Phi) is 5.81. The van der Waals surface area contributed by atoms with Gasteiger partial charge >= 0.3 is 6.03 Å². The number of rotatable bonds is 4. The van der Waals surface area contributed by atoms with Crippen LogP contribution in [0.4, 0.5) is 10.5 Å². The first-order valence-corrected chi connectivity index (χ1v) is 8.05. The molecule has 5 nitrogen and oxygen atoms in total. The zero-order chi connectivity index (χ0) is 15.9. The monoisotopic (exact) mass is 303 g/mol. The summed E-state index contributed by atoms with van der Waals surface area (Å²) in [6.45, 7) is 6.65. The Bertz CT molecular complexity index is 500. The summed E-state index contributed by atoms with van der Waals surface area (Å²) >= 11 is 0. The molecule has 0 unspecified atom stereocenters. The van der Waals surface area contributed by atoms with Crippen molar-refractivity contribution in [1.29, 1.82) is 0 Å². The molecule has 1 atom stereocenters. The number of para-hydroxylation sites is 1. The van der Waals surface area contributed by atoms with Gasteiger partial charge in [0, 0.05) is 31.9 Å². The molecule has 0 radical (unpaired) electrons. The highest BCUT2D eigenvalue weighted by Gasteiger charge is 2.30. The third kappa shape index (κ3) is 4.00. The van der Waals surface area contributed by atoms with Crippen molar-refractivity contribution in [3.8, 4) is 0 Å². The van der Waals surface area contributed by atoms with Crippen molar-refractivity contribution in [2.24, 2.45) is 5.92 Å². The zero-order valence-corrected chi connectivity index (χ0v) is 13.4. The normalized spacial score (nSPS) is 17.9. The van der Waals surface area contributed by atoms with Crippen molar-refractivity contribution in [1.82, 2.24) is 9.80 Å². The molecule has 1 aromatic carbocycles. The highest BCUT2D eigenvalue weighted by molar-refractivity contribution is 5.90. The van der Waals surface area contributed by atoms with Crippen LogP contribution < -0.4 is 5.32 Å². The Hall–Kier alpha value is -2.04. The van der Waals surface area contributed by atoms with Crippen LogP contribution in [0.1, 0.15) is 26.7 Å². The van der Waals surface area contributed by atoms with Gasteiger partial charge in [0.05, 0.1) is 5.92 Å². The van der Waals surface area contributed by atoms with Crippen LogP contribution in [0.5, 0.6) is 0 Å². The number of anilines is 1. The van der Waals surface area contributed by atoms with E-state index < -0.39 is 0 Å². The van der Waals surface area contributed by atoms with E-state index in [4.69, 9.17) is 0 Å². The minimum Gasteiger partial charge on any atom is -0.343 e. The number of benzene rings is 1. The second kappa shape index (κ2) is 7.82. The number of carbonyl (C=O) groups is 2. The van der Waals surface area contributed by atoms with E-state index in [0.29, 0.717) is 13.1 Å². The summed E-state index contributed by atoms with van der Waals surface area (Å²) in [5, 5.41) is 2.89. The van der Waals surface area contributed by atoms with E-state index in [1.165, 1.54) is 0 Å². The lowest BCUT2D eigenvalue weighted by molar-refractivity contribution is -0.136. The van der Waals surface area contributed by atoms with Crippen LogP contribution in [0.25, 0.3) is 0 Å². The van der Waals surface area contributed by atoms with Gasteiger partial charge in [-0.1, -0.05) is 18.2 Å². The third-order valence-corrected chi connectivity index (χ3v) is 4.16. The molecule has 1 aromatic rings. The molecule has 1 aliphatic rings. The number of amides is 3. The Labute approximate surface area is 132 Å². The van der Waals surface area contributed by atoms with Gasteiger partial charge in [-0.15, -0.1) is 0 Å². The number of hydrogen-bond acceptors (Lipinski definition) is 2. The summed E-state index contributed by atoms with van der Waals surface area (Å²) in [6, 6.07) is 9.29. The second-order valence-electron chi connectivity index (χ2n) is 5.59. The van der Waals surface area contributed by atoms with Gasteiger partial charge in [0.15, 0.2) is 0 Å². The van der Waals surface area contributed by atoms with Crippen LogP contribution in [0.15, 0.2) is 30.3 Å². The molecule has 0 bridgehead atoms. The van der Waals surface area contributed by atoms with Crippen molar-refractivity contribution in [2.45, 2.75) is 26.7 Å². The van der Waals surface area contributed by atoms with Crippen molar-refractivity contribution in [3.05, 3.63) is 30.3 Å². The minimum atomic E-state index is -0.122. The van der Waals surface area contributed by atoms with E-state index in [1.54, 1.807) is 4.90 Å². The first kappa shape index (κ1) is 16.3. The van der Waals surface area contributed by atoms with E-state index in [2.05, 4.69) is 5.32 Å². The molecule has 1 heterocycles. The Morgan fingerprint density at radius 3 is 2.55 bits per heavy atom. The fourth-order valence-electron chi connectivity index (χ4n) is 2.88. The Morgan fingerprint density at radius 2 is 1.91 bits per heavy atom. The van der Waals surface area contributed by atoms with Gasteiger partial charge in [0.25, 0.3) is 0 Å². The number of hydrogen-bond donors (Lipinski definition) is 1. The number of piperidine rings is 1. The van der Waals surface area contributed by atoms with Gasteiger partial charge in [0.1, 0.15) is 0 Å². The van der Waals surface area contributed by atoms with Gasteiger partial charge in [-0.2, -0.15) is 0 Å². The molecule has 0 saturated carbocycles. The molecule has 0 aromatic heterocycles. The van der Waals surface area contributed by atoms with Crippen molar-refractivity contribution in [3.63, 3.8) is 0 Å². The van der Waals surface area contributed by atoms with Crippen LogP contribution in [0.3, 0.4) is 0 Å². The summed E-state index contributed by atoms with van der Waals surface area (Å²) in [5.74, 6) is 0.0948. The lowest BCUT2D eigenvalue weighted by atomic mass is 9.96. The molecule has 22 heavy (non-hydrogen) atoms. The summed E-state index contributed by atoms with van der Waals surface area (Å²) in [6.07, 6.45) is 1.74. The fourth-order valence-corrected chi connectivity index (χ4v) is 2.88. The van der Waals surface area contributed by atoms with Crippen LogP contribution in [-0.2, 0) is 4.79 Å². The molecule has 120 valence electrons. The lowest BCUT2D eigenvalue weighted by Crippen LogP contribution is -2.47. The van der Waals surface area contributed by atoms with E-state index in [9.17, 15) is 9.59 Å². The summed E-state index contributed by atoms with van der Waals surface area (Å²) < 4.78 is 0. The molecule has 2 rings (SSSR count). The van der Waals surface area contributed by atoms with E-state index in [0.717, 1.165) is 31.6 Å².